The van der Waals surface area contributed by atoms with Crippen molar-refractivity contribution >= 4 is 5.91 Å². The lowest BCUT2D eigenvalue weighted by Crippen LogP contribution is -2.33. The van der Waals surface area contributed by atoms with E-state index in [1.807, 2.05) is 17.9 Å². The number of hydrogen-bond acceptors (Lipinski definition) is 4. The van der Waals surface area contributed by atoms with Gasteiger partial charge in [-0.05, 0) is 31.4 Å². The summed E-state index contributed by atoms with van der Waals surface area (Å²) in [6, 6.07) is 5.46. The smallest absolute Gasteiger partial charge is 0.261 e. The van der Waals surface area contributed by atoms with Gasteiger partial charge in [0.1, 0.15) is 17.1 Å². The molecule has 2 atom stereocenters. The van der Waals surface area contributed by atoms with Crippen LogP contribution in [-0.2, 0) is 0 Å². The zero-order valence-electron chi connectivity index (χ0n) is 12.3. The molecule has 5 nitrogen and oxygen atoms in total. The van der Waals surface area contributed by atoms with Gasteiger partial charge in [0.15, 0.2) is 0 Å². The van der Waals surface area contributed by atoms with Gasteiger partial charge in [-0.15, -0.1) is 0 Å². The second-order valence-corrected chi connectivity index (χ2v) is 5.20. The van der Waals surface area contributed by atoms with Gasteiger partial charge < -0.3 is 20.1 Å². The second kappa shape index (κ2) is 6.13. The fraction of sp³-hybridized carbons (Fsp3) is 0.533. The molecule has 5 heteroatoms. The highest BCUT2D eigenvalue weighted by atomic mass is 16.5. The predicted molar refractivity (Wildman–Crippen MR) is 77.2 cm³/mol. The van der Waals surface area contributed by atoms with E-state index in [4.69, 9.17) is 15.2 Å². The predicted octanol–water partition coefficient (Wildman–Crippen LogP) is 1.51. The Labute approximate surface area is 119 Å². The molecule has 0 radical (unpaired) electrons. The number of ether oxygens (including phenoxy) is 2. The first kappa shape index (κ1) is 14.7. The molecule has 2 rings (SSSR count). The molecule has 1 saturated heterocycles. The summed E-state index contributed by atoms with van der Waals surface area (Å²) in [5.74, 6) is 1.39. The summed E-state index contributed by atoms with van der Waals surface area (Å²) in [7, 11) is 3.11. The van der Waals surface area contributed by atoms with Crippen LogP contribution < -0.4 is 15.2 Å². The summed E-state index contributed by atoms with van der Waals surface area (Å²) in [5.41, 5.74) is 6.41. The number of carbonyl (C=O) groups excluding carboxylic acids is 1. The molecule has 2 unspecified atom stereocenters. The Morgan fingerprint density at radius 3 is 2.40 bits per heavy atom. The summed E-state index contributed by atoms with van der Waals surface area (Å²) in [6.45, 7) is 3.41. The fourth-order valence-corrected chi connectivity index (χ4v) is 2.62. The Morgan fingerprint density at radius 2 is 1.95 bits per heavy atom. The van der Waals surface area contributed by atoms with Gasteiger partial charge in [0, 0.05) is 19.1 Å². The zero-order valence-corrected chi connectivity index (χ0v) is 12.3. The van der Waals surface area contributed by atoms with Crippen LogP contribution in [0.25, 0.3) is 0 Å². The van der Waals surface area contributed by atoms with Crippen LogP contribution in [0.2, 0.25) is 0 Å². The average molecular weight is 278 g/mol. The van der Waals surface area contributed by atoms with E-state index in [0.717, 1.165) is 13.0 Å². The van der Waals surface area contributed by atoms with Crippen LogP contribution in [0.1, 0.15) is 23.7 Å². The molecule has 1 aliphatic heterocycles. The van der Waals surface area contributed by atoms with Gasteiger partial charge in [-0.25, -0.2) is 0 Å². The molecule has 0 spiro atoms. The van der Waals surface area contributed by atoms with Crippen molar-refractivity contribution in [2.24, 2.45) is 11.7 Å². The van der Waals surface area contributed by atoms with E-state index in [-0.39, 0.29) is 11.9 Å². The van der Waals surface area contributed by atoms with Crippen molar-refractivity contribution in [3.63, 3.8) is 0 Å². The summed E-state index contributed by atoms with van der Waals surface area (Å²) in [4.78, 5) is 14.5. The highest BCUT2D eigenvalue weighted by Gasteiger charge is 2.31. The van der Waals surface area contributed by atoms with Crippen molar-refractivity contribution in [2.75, 3.05) is 27.3 Å². The van der Waals surface area contributed by atoms with Crippen LogP contribution in [0.4, 0.5) is 0 Å². The first-order valence-electron chi connectivity index (χ1n) is 6.84. The van der Waals surface area contributed by atoms with Crippen molar-refractivity contribution in [1.29, 1.82) is 0 Å². The fourth-order valence-electron chi connectivity index (χ4n) is 2.62. The molecule has 1 amide bonds. The lowest BCUT2D eigenvalue weighted by molar-refractivity contribution is 0.0779. The minimum Gasteiger partial charge on any atom is -0.496 e. The number of nitrogens with two attached hydrogens (primary N) is 1. The first-order valence-corrected chi connectivity index (χ1v) is 6.84. The van der Waals surface area contributed by atoms with Gasteiger partial charge in [-0.1, -0.05) is 6.07 Å². The standard InChI is InChI=1S/C15H22N2O3/c1-10(16)11-7-8-17(9-11)15(18)14-12(19-2)5-4-6-13(14)20-3/h4-6,10-11H,7-9,16H2,1-3H3. The molecule has 2 N–H and O–H groups in total. The molecule has 1 heterocycles. The Balaban J connectivity index is 2.26. The Bertz CT molecular complexity index is 466. The van der Waals surface area contributed by atoms with Gasteiger partial charge in [0.25, 0.3) is 5.91 Å². The van der Waals surface area contributed by atoms with E-state index in [9.17, 15) is 4.79 Å². The Kier molecular flexibility index (Phi) is 4.49. The summed E-state index contributed by atoms with van der Waals surface area (Å²) >= 11 is 0. The van der Waals surface area contributed by atoms with Crippen LogP contribution in [0.5, 0.6) is 11.5 Å². The van der Waals surface area contributed by atoms with E-state index >= 15 is 0 Å². The Morgan fingerprint density at radius 1 is 1.35 bits per heavy atom. The summed E-state index contributed by atoms with van der Waals surface area (Å²) in [6.07, 6.45) is 0.945. The molecule has 0 bridgehead atoms. The third kappa shape index (κ3) is 2.72. The van der Waals surface area contributed by atoms with E-state index in [1.54, 1.807) is 26.4 Å². The third-order valence-electron chi connectivity index (χ3n) is 3.90. The monoisotopic (exact) mass is 278 g/mol. The highest BCUT2D eigenvalue weighted by molar-refractivity contribution is 5.99. The zero-order chi connectivity index (χ0) is 14.7. The average Bonchev–Trinajstić information content (AvgIpc) is 2.95. The van der Waals surface area contributed by atoms with Crippen LogP contribution in [0, 0.1) is 5.92 Å². The van der Waals surface area contributed by atoms with Crippen molar-refractivity contribution in [3.8, 4) is 11.5 Å². The first-order chi connectivity index (χ1) is 9.58. The molecular formula is C15H22N2O3. The number of rotatable bonds is 4. The van der Waals surface area contributed by atoms with Crippen LogP contribution in [0.3, 0.4) is 0 Å². The van der Waals surface area contributed by atoms with E-state index in [1.165, 1.54) is 0 Å². The summed E-state index contributed by atoms with van der Waals surface area (Å²) < 4.78 is 10.6. The number of benzene rings is 1. The molecule has 0 aromatic heterocycles. The SMILES string of the molecule is COc1cccc(OC)c1C(=O)N1CCC(C(C)N)C1. The molecule has 20 heavy (non-hydrogen) atoms. The van der Waals surface area contributed by atoms with Crippen LogP contribution in [-0.4, -0.2) is 44.2 Å². The molecule has 0 saturated carbocycles. The number of likely N-dealkylation sites (tertiary alicyclic amines) is 1. The third-order valence-corrected chi connectivity index (χ3v) is 3.90. The lowest BCUT2D eigenvalue weighted by Gasteiger charge is -2.20. The van der Waals surface area contributed by atoms with Crippen molar-refractivity contribution < 1.29 is 14.3 Å². The minimum atomic E-state index is -0.0533. The van der Waals surface area contributed by atoms with Crippen LogP contribution >= 0.6 is 0 Å². The molecule has 0 aliphatic carbocycles. The van der Waals surface area contributed by atoms with Gasteiger partial charge in [-0.3, -0.25) is 4.79 Å². The number of hydrogen-bond donors (Lipinski definition) is 1. The lowest BCUT2D eigenvalue weighted by atomic mass is 10.0. The van der Waals surface area contributed by atoms with Crippen LogP contribution in [0.15, 0.2) is 18.2 Å². The van der Waals surface area contributed by atoms with Gasteiger partial charge in [0.05, 0.1) is 14.2 Å². The van der Waals surface area contributed by atoms with Crippen molar-refractivity contribution in [1.82, 2.24) is 4.90 Å². The van der Waals surface area contributed by atoms with Gasteiger partial charge in [-0.2, -0.15) is 0 Å². The highest BCUT2D eigenvalue weighted by Crippen LogP contribution is 2.31. The Hall–Kier alpha value is -1.75. The van der Waals surface area contributed by atoms with E-state index in [0.29, 0.717) is 29.5 Å². The van der Waals surface area contributed by atoms with Gasteiger partial charge >= 0.3 is 0 Å². The van der Waals surface area contributed by atoms with Crippen molar-refractivity contribution in [2.45, 2.75) is 19.4 Å². The topological polar surface area (TPSA) is 64.8 Å². The number of methoxy groups -OCH3 is 2. The quantitative estimate of drug-likeness (QED) is 0.906. The molecule has 110 valence electrons. The van der Waals surface area contributed by atoms with E-state index in [2.05, 4.69) is 0 Å². The maximum Gasteiger partial charge on any atom is 0.261 e. The number of carbonyl (C=O) groups is 1. The maximum absolute atomic E-state index is 12.7. The second-order valence-electron chi connectivity index (χ2n) is 5.20. The van der Waals surface area contributed by atoms with Gasteiger partial charge in [0.2, 0.25) is 0 Å². The van der Waals surface area contributed by atoms with E-state index < -0.39 is 0 Å². The molecule has 1 aromatic rings. The molecule has 1 aromatic carbocycles. The normalized spacial score (nSPS) is 19.8. The number of nitrogens with zero attached hydrogens (tertiary/aromatic N) is 1. The molecular weight excluding hydrogens is 256 g/mol. The maximum atomic E-state index is 12.7. The minimum absolute atomic E-state index is 0.0533. The number of amides is 1. The summed E-state index contributed by atoms with van der Waals surface area (Å²) in [5, 5.41) is 0. The largest absolute Gasteiger partial charge is 0.496 e. The molecule has 1 fully saturated rings. The molecule has 1 aliphatic rings. The van der Waals surface area contributed by atoms with Crippen molar-refractivity contribution in [3.05, 3.63) is 23.8 Å².